The van der Waals surface area contributed by atoms with E-state index < -0.39 is 0 Å². The lowest BCUT2D eigenvalue weighted by atomic mass is 9.96. The highest BCUT2D eigenvalue weighted by molar-refractivity contribution is 5.89. The number of anilines is 1. The van der Waals surface area contributed by atoms with Crippen molar-refractivity contribution in [3.8, 4) is 0 Å². The molecule has 0 unspecified atom stereocenters. The van der Waals surface area contributed by atoms with E-state index in [1.165, 1.54) is 0 Å². The summed E-state index contributed by atoms with van der Waals surface area (Å²) in [6.07, 6.45) is 5.43. The molecule has 3 aromatic rings. The molecule has 1 fully saturated rings. The summed E-state index contributed by atoms with van der Waals surface area (Å²) in [7, 11) is 0. The summed E-state index contributed by atoms with van der Waals surface area (Å²) in [5, 5.41) is 1.10. The van der Waals surface area contributed by atoms with E-state index in [2.05, 4.69) is 39.8 Å². The van der Waals surface area contributed by atoms with Crippen molar-refractivity contribution >= 4 is 16.7 Å². The summed E-state index contributed by atoms with van der Waals surface area (Å²) in [5.74, 6) is 1.77. The fourth-order valence-corrected chi connectivity index (χ4v) is 3.74. The molecule has 6 nitrogen and oxygen atoms in total. The fraction of sp³-hybridized carbons (Fsp3) is 0.429. The molecule has 1 aromatic carbocycles. The number of rotatable bonds is 4. The van der Waals surface area contributed by atoms with Gasteiger partial charge in [0, 0.05) is 31.1 Å². The molecule has 0 amide bonds. The van der Waals surface area contributed by atoms with Crippen LogP contribution in [0.4, 0.5) is 5.82 Å². The first-order chi connectivity index (χ1) is 13.1. The highest BCUT2D eigenvalue weighted by Crippen LogP contribution is 2.27. The van der Waals surface area contributed by atoms with Crippen LogP contribution in [-0.2, 0) is 6.54 Å². The molecular weight excluding hydrogens is 338 g/mol. The third-order valence-electron chi connectivity index (χ3n) is 5.38. The molecule has 2 aromatic heterocycles. The Morgan fingerprint density at radius 2 is 1.89 bits per heavy atom. The van der Waals surface area contributed by atoms with Crippen LogP contribution in [0.25, 0.3) is 10.9 Å². The van der Waals surface area contributed by atoms with Gasteiger partial charge in [0.05, 0.1) is 17.5 Å². The van der Waals surface area contributed by atoms with Gasteiger partial charge in [-0.2, -0.15) is 0 Å². The molecule has 1 aliphatic heterocycles. The molecule has 0 aliphatic carbocycles. The SMILES string of the molecule is CC(C)c1cc(=O)n(CC2CCN(c3ncnc4ccccc34)CC2)cn1. The Balaban J connectivity index is 1.44. The summed E-state index contributed by atoms with van der Waals surface area (Å²) in [5.41, 5.74) is 1.90. The first-order valence-electron chi connectivity index (χ1n) is 9.63. The molecule has 0 N–H and O–H groups in total. The molecule has 0 radical (unpaired) electrons. The van der Waals surface area contributed by atoms with Crippen molar-refractivity contribution < 1.29 is 0 Å². The van der Waals surface area contributed by atoms with Gasteiger partial charge < -0.3 is 4.90 Å². The van der Waals surface area contributed by atoms with Crippen molar-refractivity contribution in [1.29, 1.82) is 0 Å². The van der Waals surface area contributed by atoms with E-state index in [1.54, 1.807) is 23.3 Å². The average Bonchev–Trinajstić information content (AvgIpc) is 2.69. The van der Waals surface area contributed by atoms with E-state index in [-0.39, 0.29) is 11.5 Å². The van der Waals surface area contributed by atoms with E-state index in [0.717, 1.165) is 54.9 Å². The van der Waals surface area contributed by atoms with Gasteiger partial charge in [-0.1, -0.05) is 26.0 Å². The Morgan fingerprint density at radius 3 is 2.63 bits per heavy atom. The summed E-state index contributed by atoms with van der Waals surface area (Å²) in [6.45, 7) is 6.73. The predicted octanol–water partition coefficient (Wildman–Crippen LogP) is 3.23. The van der Waals surface area contributed by atoms with Gasteiger partial charge in [0.15, 0.2) is 0 Å². The van der Waals surface area contributed by atoms with Crippen molar-refractivity contribution in [2.75, 3.05) is 18.0 Å². The Morgan fingerprint density at radius 1 is 1.11 bits per heavy atom. The second kappa shape index (κ2) is 7.47. The maximum Gasteiger partial charge on any atom is 0.253 e. The van der Waals surface area contributed by atoms with Gasteiger partial charge in [0.2, 0.25) is 0 Å². The summed E-state index contributed by atoms with van der Waals surface area (Å²) in [4.78, 5) is 28.0. The van der Waals surface area contributed by atoms with Crippen LogP contribution in [0.1, 0.15) is 38.3 Å². The molecule has 140 valence electrons. The second-order valence-corrected chi connectivity index (χ2v) is 7.60. The number of hydrogen-bond acceptors (Lipinski definition) is 5. The molecule has 6 heteroatoms. The van der Waals surface area contributed by atoms with Crippen molar-refractivity contribution in [2.45, 2.75) is 39.2 Å². The Bertz CT molecular complexity index is 984. The molecular formula is C21H25N5O. The summed E-state index contributed by atoms with van der Waals surface area (Å²) < 4.78 is 1.76. The van der Waals surface area contributed by atoms with Crippen LogP contribution in [-0.4, -0.2) is 32.6 Å². The predicted molar refractivity (Wildman–Crippen MR) is 107 cm³/mol. The second-order valence-electron chi connectivity index (χ2n) is 7.60. The van der Waals surface area contributed by atoms with Crippen LogP contribution >= 0.6 is 0 Å². The summed E-state index contributed by atoms with van der Waals surface area (Å²) >= 11 is 0. The molecule has 0 spiro atoms. The van der Waals surface area contributed by atoms with Crippen LogP contribution in [0, 0.1) is 5.92 Å². The first-order valence-corrected chi connectivity index (χ1v) is 9.63. The fourth-order valence-electron chi connectivity index (χ4n) is 3.74. The van der Waals surface area contributed by atoms with Crippen molar-refractivity contribution in [2.24, 2.45) is 5.92 Å². The minimum absolute atomic E-state index is 0.0536. The van der Waals surface area contributed by atoms with Gasteiger partial charge in [-0.05, 0) is 36.8 Å². The average molecular weight is 363 g/mol. The number of para-hydroxylation sites is 1. The number of piperidine rings is 1. The van der Waals surface area contributed by atoms with Crippen molar-refractivity contribution in [3.63, 3.8) is 0 Å². The smallest absolute Gasteiger partial charge is 0.253 e. The molecule has 0 atom stereocenters. The highest BCUT2D eigenvalue weighted by Gasteiger charge is 2.22. The molecule has 3 heterocycles. The van der Waals surface area contributed by atoms with Gasteiger partial charge in [-0.3, -0.25) is 9.36 Å². The number of aromatic nitrogens is 4. The van der Waals surface area contributed by atoms with Gasteiger partial charge >= 0.3 is 0 Å². The van der Waals surface area contributed by atoms with E-state index in [1.807, 2.05) is 18.2 Å². The zero-order valence-electron chi connectivity index (χ0n) is 15.9. The lowest BCUT2D eigenvalue weighted by Gasteiger charge is -2.33. The zero-order chi connectivity index (χ0) is 18.8. The summed E-state index contributed by atoms with van der Waals surface area (Å²) in [6, 6.07) is 9.81. The quantitative estimate of drug-likeness (QED) is 0.712. The largest absolute Gasteiger partial charge is 0.356 e. The standard InChI is InChI=1S/C21H25N5O/c1-15(2)19-11-20(27)26(14-24-19)12-16-7-9-25(10-8-16)21-17-5-3-4-6-18(17)22-13-23-21/h3-6,11,13-16H,7-10,12H2,1-2H3. The van der Waals surface area contributed by atoms with E-state index in [9.17, 15) is 4.79 Å². The van der Waals surface area contributed by atoms with Crippen LogP contribution in [0.5, 0.6) is 0 Å². The van der Waals surface area contributed by atoms with Gasteiger partial charge in [0.1, 0.15) is 12.1 Å². The normalized spacial score (nSPS) is 15.6. The monoisotopic (exact) mass is 363 g/mol. The number of hydrogen-bond donors (Lipinski definition) is 0. The Labute approximate surface area is 158 Å². The topological polar surface area (TPSA) is 63.9 Å². The Kier molecular flexibility index (Phi) is 4.88. The van der Waals surface area contributed by atoms with Crippen LogP contribution in [0.2, 0.25) is 0 Å². The molecule has 1 saturated heterocycles. The maximum absolute atomic E-state index is 12.3. The third-order valence-corrected chi connectivity index (χ3v) is 5.38. The van der Waals surface area contributed by atoms with Gasteiger partial charge in [-0.15, -0.1) is 0 Å². The molecule has 1 aliphatic rings. The molecule has 27 heavy (non-hydrogen) atoms. The van der Waals surface area contributed by atoms with E-state index >= 15 is 0 Å². The van der Waals surface area contributed by atoms with Gasteiger partial charge in [-0.25, -0.2) is 15.0 Å². The minimum Gasteiger partial charge on any atom is -0.356 e. The molecule has 0 bridgehead atoms. The third kappa shape index (κ3) is 3.70. The van der Waals surface area contributed by atoms with E-state index in [4.69, 9.17) is 0 Å². The number of benzene rings is 1. The van der Waals surface area contributed by atoms with Crippen LogP contribution < -0.4 is 10.5 Å². The van der Waals surface area contributed by atoms with Gasteiger partial charge in [0.25, 0.3) is 5.56 Å². The molecule has 4 rings (SSSR count). The molecule has 0 saturated carbocycles. The van der Waals surface area contributed by atoms with Crippen LogP contribution in [0.3, 0.4) is 0 Å². The highest BCUT2D eigenvalue weighted by atomic mass is 16.1. The maximum atomic E-state index is 12.3. The first kappa shape index (κ1) is 17.6. The van der Waals surface area contributed by atoms with Crippen molar-refractivity contribution in [3.05, 3.63) is 59.0 Å². The number of fused-ring (bicyclic) bond motifs is 1. The van der Waals surface area contributed by atoms with Crippen molar-refractivity contribution in [1.82, 2.24) is 19.5 Å². The lowest BCUT2D eigenvalue weighted by molar-refractivity contribution is 0.350. The van der Waals surface area contributed by atoms with E-state index in [0.29, 0.717) is 5.92 Å². The van der Waals surface area contributed by atoms with Crippen LogP contribution in [0.15, 0.2) is 47.8 Å². The number of nitrogens with zero attached hydrogens (tertiary/aromatic N) is 5. The zero-order valence-corrected chi connectivity index (χ0v) is 15.9. The minimum atomic E-state index is 0.0536. The Hall–Kier alpha value is -2.76. The lowest BCUT2D eigenvalue weighted by Crippen LogP contribution is -2.37.